The Labute approximate surface area is 121 Å². The Balaban J connectivity index is 1.86. The van der Waals surface area contributed by atoms with E-state index in [9.17, 15) is 0 Å². The maximum atomic E-state index is 7.44. The fraction of sp³-hybridized carbons (Fsp3) is 0.600. The van der Waals surface area contributed by atoms with Crippen LogP contribution in [0.15, 0.2) is 18.3 Å². The maximum Gasteiger partial charge on any atom is 0.141 e. The minimum atomic E-state index is 0.0322. The monoisotopic (exact) mass is 275 g/mol. The van der Waals surface area contributed by atoms with Crippen molar-refractivity contribution in [2.45, 2.75) is 19.4 Å². The van der Waals surface area contributed by atoms with E-state index in [1.807, 2.05) is 12.1 Å². The summed E-state index contributed by atoms with van der Waals surface area (Å²) in [5, 5.41) is 7.44. The molecule has 0 unspecified atom stereocenters. The summed E-state index contributed by atoms with van der Waals surface area (Å²) >= 11 is 0. The van der Waals surface area contributed by atoms with Crippen LogP contribution in [0.4, 0.5) is 0 Å². The molecule has 1 aromatic rings. The highest BCUT2D eigenvalue weighted by molar-refractivity contribution is 5.93. The number of nitrogens with two attached hydrogens (primary N) is 1. The number of nitrogen functional groups attached to an aromatic ring is 1. The normalized spacial score (nSPS) is 17.6. The fourth-order valence-electron chi connectivity index (χ4n) is 2.78. The number of amidine groups is 1. The van der Waals surface area contributed by atoms with Gasteiger partial charge in [0.05, 0.1) is 0 Å². The van der Waals surface area contributed by atoms with Crippen LogP contribution in [0.5, 0.6) is 0 Å². The summed E-state index contributed by atoms with van der Waals surface area (Å²) in [4.78, 5) is 8.85. The van der Waals surface area contributed by atoms with Gasteiger partial charge in [-0.05, 0) is 63.6 Å². The van der Waals surface area contributed by atoms with E-state index >= 15 is 0 Å². The van der Waals surface area contributed by atoms with Crippen LogP contribution in [0.1, 0.15) is 24.1 Å². The van der Waals surface area contributed by atoms with Crippen molar-refractivity contribution >= 4 is 5.84 Å². The third-order valence-electron chi connectivity index (χ3n) is 3.96. The molecule has 2 heterocycles. The van der Waals surface area contributed by atoms with Crippen LogP contribution in [-0.4, -0.2) is 54.3 Å². The van der Waals surface area contributed by atoms with Crippen LogP contribution < -0.4 is 5.73 Å². The molecule has 0 bridgehead atoms. The molecule has 110 valence electrons. The molecule has 20 heavy (non-hydrogen) atoms. The Morgan fingerprint density at radius 1 is 1.50 bits per heavy atom. The molecule has 3 N–H and O–H groups in total. The van der Waals surface area contributed by atoms with Gasteiger partial charge in [0.15, 0.2) is 0 Å². The number of rotatable bonds is 5. The first kappa shape index (κ1) is 14.9. The van der Waals surface area contributed by atoms with E-state index in [1.165, 1.54) is 31.5 Å². The lowest BCUT2D eigenvalue weighted by atomic mass is 9.96. The molecule has 0 aromatic carbocycles. The summed E-state index contributed by atoms with van der Waals surface area (Å²) in [6, 6.07) is 3.91. The van der Waals surface area contributed by atoms with Gasteiger partial charge in [-0.15, -0.1) is 0 Å². The number of nitrogens with zero attached hydrogens (tertiary/aromatic N) is 3. The first-order chi connectivity index (χ1) is 9.54. The second-order valence-corrected chi connectivity index (χ2v) is 5.91. The van der Waals surface area contributed by atoms with Gasteiger partial charge in [-0.25, -0.2) is 0 Å². The van der Waals surface area contributed by atoms with E-state index in [1.54, 1.807) is 6.20 Å². The van der Waals surface area contributed by atoms with Gasteiger partial charge in [-0.1, -0.05) is 0 Å². The first-order valence-electron chi connectivity index (χ1n) is 7.21. The molecule has 0 saturated carbocycles. The highest BCUT2D eigenvalue weighted by Gasteiger charge is 2.18. The van der Waals surface area contributed by atoms with Gasteiger partial charge < -0.3 is 15.5 Å². The van der Waals surface area contributed by atoms with Crippen molar-refractivity contribution in [2.75, 3.05) is 33.7 Å². The average molecular weight is 275 g/mol. The largest absolute Gasteiger partial charge is 0.382 e. The molecule has 1 aromatic heterocycles. The van der Waals surface area contributed by atoms with Crippen molar-refractivity contribution in [2.24, 2.45) is 11.7 Å². The summed E-state index contributed by atoms with van der Waals surface area (Å²) in [6.07, 6.45) is 4.31. The van der Waals surface area contributed by atoms with Gasteiger partial charge in [-0.3, -0.25) is 10.4 Å². The van der Waals surface area contributed by atoms with Crippen molar-refractivity contribution in [3.05, 3.63) is 29.6 Å². The number of likely N-dealkylation sites (tertiary alicyclic amines) is 1. The van der Waals surface area contributed by atoms with Crippen LogP contribution in [0.25, 0.3) is 0 Å². The molecular formula is C15H25N5. The molecular weight excluding hydrogens is 250 g/mol. The molecule has 1 aliphatic heterocycles. The van der Waals surface area contributed by atoms with Crippen LogP contribution in [0, 0.1) is 11.3 Å². The number of hydrogen-bond acceptors (Lipinski definition) is 4. The number of pyridine rings is 1. The third kappa shape index (κ3) is 4.28. The van der Waals surface area contributed by atoms with Crippen LogP contribution >= 0.6 is 0 Å². The van der Waals surface area contributed by atoms with Gasteiger partial charge in [0.2, 0.25) is 0 Å². The molecule has 1 aliphatic rings. The van der Waals surface area contributed by atoms with Crippen molar-refractivity contribution in [1.29, 1.82) is 5.41 Å². The van der Waals surface area contributed by atoms with Crippen LogP contribution in [0.3, 0.4) is 0 Å². The van der Waals surface area contributed by atoms with E-state index in [2.05, 4.69) is 28.9 Å². The van der Waals surface area contributed by atoms with Gasteiger partial charge in [0, 0.05) is 19.3 Å². The van der Waals surface area contributed by atoms with E-state index in [4.69, 9.17) is 11.1 Å². The van der Waals surface area contributed by atoms with Gasteiger partial charge in [-0.2, -0.15) is 0 Å². The van der Waals surface area contributed by atoms with Crippen molar-refractivity contribution in [1.82, 2.24) is 14.8 Å². The Bertz CT molecular complexity index is 451. The summed E-state index contributed by atoms with van der Waals surface area (Å²) in [5.41, 5.74) is 7.21. The minimum Gasteiger partial charge on any atom is -0.382 e. The molecule has 1 fully saturated rings. The summed E-state index contributed by atoms with van der Waals surface area (Å²) in [7, 11) is 4.35. The highest BCUT2D eigenvalue weighted by atomic mass is 15.1. The summed E-state index contributed by atoms with van der Waals surface area (Å²) < 4.78 is 0. The second kappa shape index (κ2) is 6.81. The van der Waals surface area contributed by atoms with Gasteiger partial charge in [0.25, 0.3) is 0 Å². The van der Waals surface area contributed by atoms with Crippen LogP contribution in [-0.2, 0) is 6.54 Å². The fourth-order valence-corrected chi connectivity index (χ4v) is 2.78. The molecule has 2 rings (SSSR count). The average Bonchev–Trinajstić information content (AvgIpc) is 2.41. The third-order valence-corrected chi connectivity index (χ3v) is 3.96. The lowest BCUT2D eigenvalue weighted by Gasteiger charge is -2.31. The Morgan fingerprint density at radius 2 is 2.20 bits per heavy atom. The topological polar surface area (TPSA) is 69.2 Å². The number of aromatic nitrogens is 1. The highest BCUT2D eigenvalue weighted by Crippen LogP contribution is 2.17. The zero-order valence-corrected chi connectivity index (χ0v) is 12.5. The van der Waals surface area contributed by atoms with Crippen LogP contribution in [0.2, 0.25) is 0 Å². The van der Waals surface area contributed by atoms with Gasteiger partial charge in [0.1, 0.15) is 11.5 Å². The van der Waals surface area contributed by atoms with Crippen molar-refractivity contribution in [3.8, 4) is 0 Å². The summed E-state index contributed by atoms with van der Waals surface area (Å²) in [6.45, 7) is 4.44. The molecule has 0 amide bonds. The molecule has 0 aliphatic carbocycles. The molecule has 0 radical (unpaired) electrons. The number of hydrogen-bond donors (Lipinski definition) is 2. The zero-order chi connectivity index (χ0) is 14.5. The molecule has 5 nitrogen and oxygen atoms in total. The Hall–Kier alpha value is -1.46. The summed E-state index contributed by atoms with van der Waals surface area (Å²) in [5.74, 6) is 0.829. The predicted molar refractivity (Wildman–Crippen MR) is 81.8 cm³/mol. The van der Waals surface area contributed by atoms with Crippen molar-refractivity contribution in [3.63, 3.8) is 0 Å². The molecule has 1 saturated heterocycles. The van der Waals surface area contributed by atoms with E-state index in [0.29, 0.717) is 5.69 Å². The van der Waals surface area contributed by atoms with Gasteiger partial charge >= 0.3 is 0 Å². The Kier molecular flexibility index (Phi) is 5.09. The smallest absolute Gasteiger partial charge is 0.141 e. The lowest BCUT2D eigenvalue weighted by molar-refractivity contribution is 0.173. The lowest BCUT2D eigenvalue weighted by Crippen LogP contribution is -2.35. The SMILES string of the molecule is CN1CCC(CN(C)Cc2ccnc(C(=N)N)c2)CC1. The molecule has 0 spiro atoms. The predicted octanol–water partition coefficient (Wildman–Crippen LogP) is 1.14. The second-order valence-electron chi connectivity index (χ2n) is 5.91. The van der Waals surface area contributed by atoms with E-state index in [-0.39, 0.29) is 5.84 Å². The first-order valence-corrected chi connectivity index (χ1v) is 7.21. The van der Waals surface area contributed by atoms with E-state index < -0.39 is 0 Å². The standard InChI is InChI=1S/C15H25N5/c1-19-7-4-12(5-8-19)10-20(2)11-13-3-6-18-14(9-13)15(16)17/h3,6,9,12H,4-5,7-8,10-11H2,1-2H3,(H3,16,17). The maximum absolute atomic E-state index is 7.44. The minimum absolute atomic E-state index is 0.0322. The van der Waals surface area contributed by atoms with E-state index in [0.717, 1.165) is 19.0 Å². The Morgan fingerprint density at radius 3 is 2.85 bits per heavy atom. The number of nitrogens with one attached hydrogen (secondary N) is 1. The molecule has 0 atom stereocenters. The quantitative estimate of drug-likeness (QED) is 0.624. The number of piperidine rings is 1. The van der Waals surface area contributed by atoms with Crippen molar-refractivity contribution < 1.29 is 0 Å². The molecule has 5 heteroatoms. The zero-order valence-electron chi connectivity index (χ0n) is 12.5.